The molecule has 1 unspecified atom stereocenters. The summed E-state index contributed by atoms with van der Waals surface area (Å²) in [6.07, 6.45) is 0.981. The number of ketones is 1. The van der Waals surface area contributed by atoms with Crippen LogP contribution in [0.15, 0.2) is 84.9 Å². The van der Waals surface area contributed by atoms with Gasteiger partial charge in [0, 0.05) is 12.2 Å². The van der Waals surface area contributed by atoms with Crippen LogP contribution in [-0.2, 0) is 10.2 Å². The van der Waals surface area contributed by atoms with Gasteiger partial charge in [0.25, 0.3) is 0 Å². The third-order valence-corrected chi connectivity index (χ3v) is 6.67. The smallest absolute Gasteiger partial charge is 0.182 e. The standard InChI is InChI=1S/C31H30O5/c1-2-18-34-20-21-36-26-15-11-24(12-16-26)31(23-9-13-25(14-10-23)35-19-17-32)28-8-4-6-22-5-3-7-27(29(22)28)30(31)33/h3-16,32H,2,17-21H2,1H3. The molecule has 0 aromatic heterocycles. The van der Waals surface area contributed by atoms with Gasteiger partial charge in [-0.1, -0.05) is 67.6 Å². The van der Waals surface area contributed by atoms with Gasteiger partial charge in [-0.3, -0.25) is 4.79 Å². The maximum absolute atomic E-state index is 14.3. The molecule has 0 aliphatic heterocycles. The Balaban J connectivity index is 1.57. The molecule has 0 radical (unpaired) electrons. The van der Waals surface area contributed by atoms with E-state index in [0.717, 1.165) is 51.8 Å². The van der Waals surface area contributed by atoms with E-state index in [0.29, 0.717) is 19.0 Å². The van der Waals surface area contributed by atoms with E-state index in [9.17, 15) is 4.79 Å². The highest BCUT2D eigenvalue weighted by atomic mass is 16.5. The van der Waals surface area contributed by atoms with Crippen LogP contribution in [0.2, 0.25) is 0 Å². The molecule has 184 valence electrons. The number of aliphatic hydroxyl groups is 1. The van der Waals surface area contributed by atoms with Crippen molar-refractivity contribution >= 4 is 16.6 Å². The Morgan fingerprint density at radius 2 is 1.33 bits per heavy atom. The Bertz CT molecular complexity index is 1340. The van der Waals surface area contributed by atoms with Crippen LogP contribution in [0.25, 0.3) is 10.8 Å². The highest BCUT2D eigenvalue weighted by Crippen LogP contribution is 2.51. The number of hydrogen-bond acceptors (Lipinski definition) is 5. The van der Waals surface area contributed by atoms with Gasteiger partial charge in [0.2, 0.25) is 0 Å². The van der Waals surface area contributed by atoms with E-state index in [1.807, 2.05) is 66.7 Å². The summed E-state index contributed by atoms with van der Waals surface area (Å²) in [5.74, 6) is 1.45. The molecule has 1 atom stereocenters. The Labute approximate surface area is 211 Å². The number of carbonyl (C=O) groups excluding carboxylic acids is 1. The lowest BCUT2D eigenvalue weighted by atomic mass is 9.69. The van der Waals surface area contributed by atoms with Crippen molar-refractivity contribution in [3.63, 3.8) is 0 Å². The third kappa shape index (κ3) is 4.15. The van der Waals surface area contributed by atoms with Crippen LogP contribution in [0.4, 0.5) is 0 Å². The van der Waals surface area contributed by atoms with E-state index in [1.165, 1.54) is 0 Å². The molecular weight excluding hydrogens is 452 g/mol. The first kappa shape index (κ1) is 24.0. The van der Waals surface area contributed by atoms with E-state index >= 15 is 0 Å². The number of Topliss-reactive ketones (excluding diaryl/α,β-unsaturated/α-hetero) is 1. The van der Waals surface area contributed by atoms with Gasteiger partial charge < -0.3 is 19.3 Å². The number of rotatable bonds is 11. The third-order valence-electron chi connectivity index (χ3n) is 6.67. The zero-order valence-electron chi connectivity index (χ0n) is 20.4. The van der Waals surface area contributed by atoms with Gasteiger partial charge in [-0.15, -0.1) is 0 Å². The Kier molecular flexibility index (Phi) is 7.03. The van der Waals surface area contributed by atoms with Crippen molar-refractivity contribution < 1.29 is 24.1 Å². The summed E-state index contributed by atoms with van der Waals surface area (Å²) in [6.45, 7) is 3.99. The van der Waals surface area contributed by atoms with Crippen molar-refractivity contribution in [2.75, 3.05) is 33.0 Å². The molecule has 0 saturated heterocycles. The van der Waals surface area contributed by atoms with Crippen molar-refractivity contribution in [1.29, 1.82) is 0 Å². The lowest BCUT2D eigenvalue weighted by Gasteiger charge is -2.31. The minimum Gasteiger partial charge on any atom is -0.491 e. The summed E-state index contributed by atoms with van der Waals surface area (Å²) in [4.78, 5) is 14.3. The lowest BCUT2D eigenvalue weighted by molar-refractivity contribution is 0.0944. The van der Waals surface area contributed by atoms with Crippen molar-refractivity contribution in [1.82, 2.24) is 0 Å². The van der Waals surface area contributed by atoms with Gasteiger partial charge in [0.15, 0.2) is 5.78 Å². The molecule has 4 aromatic rings. The molecule has 1 aliphatic carbocycles. The fourth-order valence-electron chi connectivity index (χ4n) is 5.14. The first-order valence-electron chi connectivity index (χ1n) is 12.4. The summed E-state index contributed by atoms with van der Waals surface area (Å²) in [5.41, 5.74) is 2.48. The second-order valence-corrected chi connectivity index (χ2v) is 8.87. The Morgan fingerprint density at radius 1 is 0.722 bits per heavy atom. The molecule has 0 spiro atoms. The first-order chi connectivity index (χ1) is 17.7. The molecule has 0 heterocycles. The second-order valence-electron chi connectivity index (χ2n) is 8.87. The van der Waals surface area contributed by atoms with Crippen LogP contribution in [-0.4, -0.2) is 43.9 Å². The lowest BCUT2D eigenvalue weighted by Crippen LogP contribution is -2.35. The average Bonchev–Trinajstić information content (AvgIpc) is 3.18. The summed E-state index contributed by atoms with van der Waals surface area (Å²) < 4.78 is 16.9. The highest BCUT2D eigenvalue weighted by Gasteiger charge is 2.50. The first-order valence-corrected chi connectivity index (χ1v) is 12.4. The molecule has 5 nitrogen and oxygen atoms in total. The van der Waals surface area contributed by atoms with Crippen LogP contribution in [0.5, 0.6) is 11.5 Å². The number of hydrogen-bond donors (Lipinski definition) is 1. The van der Waals surface area contributed by atoms with Crippen LogP contribution in [0, 0.1) is 0 Å². The fourth-order valence-corrected chi connectivity index (χ4v) is 5.14. The number of aliphatic hydroxyl groups excluding tert-OH is 1. The average molecular weight is 483 g/mol. The highest BCUT2D eigenvalue weighted by molar-refractivity contribution is 6.23. The number of benzene rings is 4. The molecule has 36 heavy (non-hydrogen) atoms. The van der Waals surface area contributed by atoms with Crippen molar-refractivity contribution in [2.45, 2.75) is 18.8 Å². The Morgan fingerprint density at radius 3 is 1.94 bits per heavy atom. The molecule has 1 N–H and O–H groups in total. The quantitative estimate of drug-likeness (QED) is 0.284. The zero-order chi connectivity index (χ0) is 25.0. The van der Waals surface area contributed by atoms with Crippen LogP contribution in [0.1, 0.15) is 40.4 Å². The van der Waals surface area contributed by atoms with Gasteiger partial charge >= 0.3 is 0 Å². The molecule has 1 aliphatic rings. The molecule has 0 fully saturated rings. The zero-order valence-corrected chi connectivity index (χ0v) is 20.4. The van der Waals surface area contributed by atoms with E-state index in [-0.39, 0.29) is 19.0 Å². The number of ether oxygens (including phenoxy) is 3. The van der Waals surface area contributed by atoms with Crippen LogP contribution >= 0.6 is 0 Å². The van der Waals surface area contributed by atoms with Gasteiger partial charge in [-0.05, 0) is 58.1 Å². The van der Waals surface area contributed by atoms with E-state index < -0.39 is 5.41 Å². The van der Waals surface area contributed by atoms with Gasteiger partial charge in [-0.2, -0.15) is 0 Å². The molecule has 4 aromatic carbocycles. The van der Waals surface area contributed by atoms with Crippen LogP contribution in [0.3, 0.4) is 0 Å². The summed E-state index contributed by atoms with van der Waals surface area (Å²) in [5, 5.41) is 11.1. The van der Waals surface area contributed by atoms with Gasteiger partial charge in [0.05, 0.1) is 13.2 Å². The monoisotopic (exact) mass is 482 g/mol. The normalized spacial score (nSPS) is 16.4. The van der Waals surface area contributed by atoms with Crippen molar-refractivity contribution in [3.05, 3.63) is 107 Å². The van der Waals surface area contributed by atoms with E-state index in [1.54, 1.807) is 0 Å². The second kappa shape index (κ2) is 10.5. The fraction of sp³-hybridized carbons (Fsp3) is 0.258. The Hall–Kier alpha value is -3.67. The van der Waals surface area contributed by atoms with Crippen molar-refractivity contribution in [3.8, 4) is 11.5 Å². The molecule has 5 heteroatoms. The van der Waals surface area contributed by atoms with E-state index in [2.05, 4.69) is 25.1 Å². The SMILES string of the molecule is CCCOCCOc1ccc(C2(c3ccc(OCCO)cc3)C(=O)c3cccc4cccc2c34)cc1. The summed E-state index contributed by atoms with van der Waals surface area (Å²) in [7, 11) is 0. The minimum atomic E-state index is -0.985. The van der Waals surface area contributed by atoms with Crippen molar-refractivity contribution in [2.24, 2.45) is 0 Å². The number of carbonyl (C=O) groups is 1. The molecular formula is C31H30O5. The molecule has 0 bridgehead atoms. The minimum absolute atomic E-state index is 0.0549. The molecule has 5 rings (SSSR count). The largest absolute Gasteiger partial charge is 0.491 e. The predicted molar refractivity (Wildman–Crippen MR) is 140 cm³/mol. The van der Waals surface area contributed by atoms with Crippen LogP contribution < -0.4 is 9.47 Å². The molecule has 0 amide bonds. The van der Waals surface area contributed by atoms with E-state index in [4.69, 9.17) is 19.3 Å². The van der Waals surface area contributed by atoms with Gasteiger partial charge in [-0.25, -0.2) is 0 Å². The maximum atomic E-state index is 14.3. The summed E-state index contributed by atoms with van der Waals surface area (Å²) >= 11 is 0. The maximum Gasteiger partial charge on any atom is 0.182 e. The van der Waals surface area contributed by atoms with Gasteiger partial charge in [0.1, 0.15) is 30.1 Å². The summed E-state index contributed by atoms with van der Waals surface area (Å²) in [6, 6.07) is 27.5. The topological polar surface area (TPSA) is 65.0 Å². The predicted octanol–water partition coefficient (Wildman–Crippen LogP) is 5.55. The molecule has 0 saturated carbocycles.